The molecule has 0 bridgehead atoms. The number of hydrogen-bond acceptors (Lipinski definition) is 4. The summed E-state index contributed by atoms with van der Waals surface area (Å²) in [4.78, 5) is 28.2. The molecule has 0 N–H and O–H groups in total. The third-order valence-electron chi connectivity index (χ3n) is 7.99. The minimum atomic E-state index is -0.367. The Labute approximate surface area is 256 Å². The first kappa shape index (κ1) is 28.7. The van der Waals surface area contributed by atoms with Crippen LogP contribution in [0.15, 0.2) is 143 Å². The van der Waals surface area contributed by atoms with Gasteiger partial charge in [-0.1, -0.05) is 109 Å². The van der Waals surface area contributed by atoms with Crippen LogP contribution in [0.3, 0.4) is 0 Å². The van der Waals surface area contributed by atoms with Crippen molar-refractivity contribution in [3.8, 4) is 11.5 Å². The lowest BCUT2D eigenvalue weighted by Crippen LogP contribution is -2.40. The fourth-order valence-corrected chi connectivity index (χ4v) is 5.71. The fraction of sp³-hybridized carbons (Fsp3) is 0.158. The lowest BCUT2D eigenvalue weighted by atomic mass is 9.88. The van der Waals surface area contributed by atoms with Crippen LogP contribution < -0.4 is 20.7 Å². The maximum Gasteiger partial charge on any atom is 0.331 e. The maximum absolute atomic E-state index is 14.3. The summed E-state index contributed by atoms with van der Waals surface area (Å²) in [5, 5.41) is 0.444. The first-order valence-electron chi connectivity index (χ1n) is 14.8. The van der Waals surface area contributed by atoms with E-state index in [9.17, 15) is 9.59 Å². The normalized spacial score (nSPS) is 11.1. The molecule has 44 heavy (non-hydrogen) atoms. The van der Waals surface area contributed by atoms with Gasteiger partial charge in [-0.2, -0.15) is 0 Å². The molecule has 6 nitrogen and oxygen atoms in total. The number of para-hydroxylation sites is 1. The average molecular weight is 583 g/mol. The lowest BCUT2D eigenvalue weighted by Gasteiger charge is -2.21. The molecule has 6 aromatic rings. The van der Waals surface area contributed by atoms with Crippen molar-refractivity contribution in [3.63, 3.8) is 0 Å². The number of hydrogen-bond donors (Lipinski definition) is 0. The highest BCUT2D eigenvalue weighted by Crippen LogP contribution is 2.30. The molecule has 0 spiro atoms. The molecule has 0 saturated heterocycles. The third kappa shape index (κ3) is 6.20. The van der Waals surface area contributed by atoms with E-state index in [2.05, 4.69) is 24.3 Å². The van der Waals surface area contributed by atoms with E-state index in [-0.39, 0.29) is 23.7 Å². The van der Waals surface area contributed by atoms with Crippen molar-refractivity contribution in [2.75, 3.05) is 7.11 Å². The SMILES string of the molecule is COc1ccc(Cn2c(=O)c3cccc(OCc4ccccc4)c3n(CCC(c3ccccc3)c3ccccc3)c2=O)cc1. The van der Waals surface area contributed by atoms with Crippen molar-refractivity contribution >= 4 is 10.9 Å². The number of methoxy groups -OCH3 is 1. The van der Waals surface area contributed by atoms with E-state index < -0.39 is 0 Å². The van der Waals surface area contributed by atoms with Gasteiger partial charge in [-0.15, -0.1) is 0 Å². The molecule has 220 valence electrons. The van der Waals surface area contributed by atoms with Crippen LogP contribution in [-0.4, -0.2) is 16.2 Å². The molecule has 0 amide bonds. The summed E-state index contributed by atoms with van der Waals surface area (Å²) in [5.74, 6) is 1.27. The van der Waals surface area contributed by atoms with Crippen LogP contribution >= 0.6 is 0 Å². The molecule has 6 heteroatoms. The van der Waals surface area contributed by atoms with Crippen molar-refractivity contribution in [3.05, 3.63) is 177 Å². The molecular weight excluding hydrogens is 548 g/mol. The number of benzene rings is 5. The van der Waals surface area contributed by atoms with Crippen LogP contribution in [0.25, 0.3) is 10.9 Å². The van der Waals surface area contributed by atoms with Gasteiger partial charge in [0.05, 0.1) is 19.0 Å². The zero-order valence-corrected chi connectivity index (χ0v) is 24.6. The van der Waals surface area contributed by atoms with Gasteiger partial charge in [-0.25, -0.2) is 4.79 Å². The van der Waals surface area contributed by atoms with Crippen LogP contribution in [0.4, 0.5) is 0 Å². The van der Waals surface area contributed by atoms with Gasteiger partial charge in [-0.3, -0.25) is 13.9 Å². The molecule has 1 aromatic heterocycles. The molecule has 1 heterocycles. The second-order valence-corrected chi connectivity index (χ2v) is 10.8. The van der Waals surface area contributed by atoms with Gasteiger partial charge in [0.15, 0.2) is 0 Å². The van der Waals surface area contributed by atoms with E-state index in [0.29, 0.717) is 42.0 Å². The standard InChI is InChI=1S/C38H34N2O4/c1-43-32-22-20-28(21-23-32)26-40-37(41)34-18-11-19-35(44-27-29-12-5-2-6-13-29)36(34)39(38(40)42)25-24-33(30-14-7-3-8-15-30)31-16-9-4-10-17-31/h2-23,33H,24-27H2,1H3. The number of ether oxygens (including phenoxy) is 2. The summed E-state index contributed by atoms with van der Waals surface area (Å²) in [6.07, 6.45) is 0.650. The predicted octanol–water partition coefficient (Wildman–Crippen LogP) is 7.02. The summed E-state index contributed by atoms with van der Waals surface area (Å²) in [7, 11) is 1.61. The molecule has 5 aromatic carbocycles. The Morgan fingerprint density at radius 1 is 0.636 bits per heavy atom. The molecule has 0 aliphatic carbocycles. The summed E-state index contributed by atoms with van der Waals surface area (Å²) >= 11 is 0. The molecule has 6 rings (SSSR count). The van der Waals surface area contributed by atoms with E-state index in [1.807, 2.05) is 103 Å². The highest BCUT2D eigenvalue weighted by molar-refractivity contribution is 5.84. The minimum absolute atomic E-state index is 0.0544. The zero-order chi connectivity index (χ0) is 30.3. The minimum Gasteiger partial charge on any atom is -0.497 e. The molecule has 0 unspecified atom stereocenters. The van der Waals surface area contributed by atoms with Crippen LogP contribution in [0.2, 0.25) is 0 Å². The first-order valence-corrected chi connectivity index (χ1v) is 14.8. The second-order valence-electron chi connectivity index (χ2n) is 10.8. The van der Waals surface area contributed by atoms with Gasteiger partial charge in [0.1, 0.15) is 23.6 Å². The molecule has 0 radical (unpaired) electrons. The monoisotopic (exact) mass is 582 g/mol. The van der Waals surface area contributed by atoms with Gasteiger partial charge < -0.3 is 9.47 Å². The summed E-state index contributed by atoms with van der Waals surface area (Å²) in [5.41, 5.74) is 3.98. The van der Waals surface area contributed by atoms with Crippen LogP contribution in [0, 0.1) is 0 Å². The number of aromatic nitrogens is 2. The summed E-state index contributed by atoms with van der Waals surface area (Å²) < 4.78 is 14.6. The Morgan fingerprint density at radius 2 is 1.25 bits per heavy atom. The lowest BCUT2D eigenvalue weighted by molar-refractivity contribution is 0.308. The summed E-state index contributed by atoms with van der Waals surface area (Å²) in [6, 6.07) is 43.4. The van der Waals surface area contributed by atoms with Crippen LogP contribution in [0.5, 0.6) is 11.5 Å². The van der Waals surface area contributed by atoms with Gasteiger partial charge in [0, 0.05) is 12.5 Å². The Hall–Kier alpha value is -5.36. The van der Waals surface area contributed by atoms with Crippen molar-refractivity contribution < 1.29 is 9.47 Å². The van der Waals surface area contributed by atoms with Gasteiger partial charge >= 0.3 is 5.69 Å². The Bertz CT molecular complexity index is 1910. The molecule has 0 fully saturated rings. The van der Waals surface area contributed by atoms with E-state index in [1.54, 1.807) is 17.7 Å². The van der Waals surface area contributed by atoms with Gasteiger partial charge in [0.2, 0.25) is 0 Å². The quantitative estimate of drug-likeness (QED) is 0.165. The van der Waals surface area contributed by atoms with Gasteiger partial charge in [0.25, 0.3) is 5.56 Å². The van der Waals surface area contributed by atoms with Crippen molar-refractivity contribution in [2.45, 2.75) is 32.0 Å². The van der Waals surface area contributed by atoms with Crippen molar-refractivity contribution in [1.82, 2.24) is 9.13 Å². The van der Waals surface area contributed by atoms with Gasteiger partial charge in [-0.05, 0) is 52.9 Å². The first-order chi connectivity index (χ1) is 21.6. The van der Waals surface area contributed by atoms with Crippen molar-refractivity contribution in [1.29, 1.82) is 0 Å². The van der Waals surface area contributed by atoms with E-state index in [0.717, 1.165) is 11.1 Å². The topological polar surface area (TPSA) is 62.5 Å². The molecule has 0 atom stereocenters. The fourth-order valence-electron chi connectivity index (χ4n) is 5.71. The Balaban J connectivity index is 1.45. The average Bonchev–Trinajstić information content (AvgIpc) is 3.09. The number of nitrogens with zero attached hydrogens (tertiary/aromatic N) is 2. The molecule has 0 aliphatic heterocycles. The second kappa shape index (κ2) is 13.3. The highest BCUT2D eigenvalue weighted by atomic mass is 16.5. The maximum atomic E-state index is 14.3. The summed E-state index contributed by atoms with van der Waals surface area (Å²) in [6.45, 7) is 0.853. The number of aryl methyl sites for hydroxylation is 1. The number of fused-ring (bicyclic) bond motifs is 1. The molecular formula is C38H34N2O4. The van der Waals surface area contributed by atoms with E-state index >= 15 is 0 Å². The number of rotatable bonds is 11. The largest absolute Gasteiger partial charge is 0.497 e. The zero-order valence-electron chi connectivity index (χ0n) is 24.6. The highest BCUT2D eigenvalue weighted by Gasteiger charge is 2.20. The molecule has 0 saturated carbocycles. The predicted molar refractivity (Wildman–Crippen MR) is 175 cm³/mol. The smallest absolute Gasteiger partial charge is 0.331 e. The Kier molecular flexibility index (Phi) is 8.69. The molecule has 0 aliphatic rings. The van der Waals surface area contributed by atoms with Crippen LogP contribution in [-0.2, 0) is 19.7 Å². The van der Waals surface area contributed by atoms with Crippen molar-refractivity contribution in [2.24, 2.45) is 0 Å². The van der Waals surface area contributed by atoms with Crippen LogP contribution in [0.1, 0.15) is 34.6 Å². The Morgan fingerprint density at radius 3 is 1.86 bits per heavy atom. The third-order valence-corrected chi connectivity index (χ3v) is 7.99. The van der Waals surface area contributed by atoms with E-state index in [4.69, 9.17) is 9.47 Å². The van der Waals surface area contributed by atoms with E-state index in [1.165, 1.54) is 15.7 Å².